The fourth-order valence-corrected chi connectivity index (χ4v) is 2.27. The van der Waals surface area contributed by atoms with Gasteiger partial charge in [-0.15, -0.1) is 0 Å². The summed E-state index contributed by atoms with van der Waals surface area (Å²) in [5, 5.41) is 15.0. The fraction of sp³-hybridized carbons (Fsp3) is 0.385. The van der Waals surface area contributed by atoms with Gasteiger partial charge >= 0.3 is 5.97 Å². The van der Waals surface area contributed by atoms with Gasteiger partial charge in [-0.1, -0.05) is 18.0 Å². The van der Waals surface area contributed by atoms with Crippen molar-refractivity contribution in [1.82, 2.24) is 5.32 Å². The molecule has 3 N–H and O–H groups in total. The molecule has 6 heteroatoms. The highest BCUT2D eigenvalue weighted by molar-refractivity contribution is 6.33. The Bertz CT molecular complexity index is 499. The van der Waals surface area contributed by atoms with E-state index in [0.717, 1.165) is 25.8 Å². The first-order valence-corrected chi connectivity index (χ1v) is 6.53. The molecule has 1 amide bonds. The maximum atomic E-state index is 12.0. The van der Waals surface area contributed by atoms with Crippen molar-refractivity contribution >= 4 is 29.2 Å². The number of carboxylic acids is 1. The highest BCUT2D eigenvalue weighted by atomic mass is 35.5. The molecular formula is C13H15ClN2O3. The van der Waals surface area contributed by atoms with Gasteiger partial charge in [-0.25, -0.2) is 4.79 Å². The number of nitrogens with one attached hydrogen (secondary N) is 2. The first-order valence-electron chi connectivity index (χ1n) is 6.15. The monoisotopic (exact) mass is 282 g/mol. The molecule has 0 saturated carbocycles. The second-order valence-electron chi connectivity index (χ2n) is 4.49. The molecule has 1 fully saturated rings. The molecule has 1 aliphatic rings. The molecule has 0 unspecified atom stereocenters. The Morgan fingerprint density at radius 3 is 2.79 bits per heavy atom. The summed E-state index contributed by atoms with van der Waals surface area (Å²) < 4.78 is 0. The van der Waals surface area contributed by atoms with E-state index in [0.29, 0.717) is 5.69 Å². The minimum absolute atomic E-state index is 0.0175. The number of amides is 1. The number of halogens is 1. The SMILES string of the molecule is O=C(O)c1cc(NC(=O)[C@H]2CCCCN2)ccc1Cl. The summed E-state index contributed by atoms with van der Waals surface area (Å²) in [5.41, 5.74) is 0.426. The molecule has 1 saturated heterocycles. The van der Waals surface area contributed by atoms with Crippen molar-refractivity contribution in [2.75, 3.05) is 11.9 Å². The van der Waals surface area contributed by atoms with Crippen molar-refractivity contribution in [3.05, 3.63) is 28.8 Å². The minimum atomic E-state index is -1.11. The second kappa shape index (κ2) is 6.04. The normalized spacial score (nSPS) is 18.9. The van der Waals surface area contributed by atoms with Gasteiger partial charge in [-0.2, -0.15) is 0 Å². The molecule has 1 aromatic carbocycles. The van der Waals surface area contributed by atoms with Crippen LogP contribution in [0.2, 0.25) is 5.02 Å². The van der Waals surface area contributed by atoms with Gasteiger partial charge in [-0.3, -0.25) is 4.79 Å². The van der Waals surface area contributed by atoms with Crippen LogP contribution in [-0.2, 0) is 4.79 Å². The number of anilines is 1. The van der Waals surface area contributed by atoms with E-state index in [1.807, 2.05) is 0 Å². The number of carboxylic acid groups (broad SMARTS) is 1. The third-order valence-corrected chi connectivity index (χ3v) is 3.42. The van der Waals surface area contributed by atoms with E-state index in [-0.39, 0.29) is 22.5 Å². The average molecular weight is 283 g/mol. The van der Waals surface area contributed by atoms with Gasteiger partial charge in [0.15, 0.2) is 0 Å². The number of carbonyl (C=O) groups excluding carboxylic acids is 1. The second-order valence-corrected chi connectivity index (χ2v) is 4.90. The Morgan fingerprint density at radius 1 is 1.37 bits per heavy atom. The maximum absolute atomic E-state index is 12.0. The molecule has 0 aliphatic carbocycles. The lowest BCUT2D eigenvalue weighted by Crippen LogP contribution is -2.43. The third-order valence-electron chi connectivity index (χ3n) is 3.09. The quantitative estimate of drug-likeness (QED) is 0.793. The van der Waals surface area contributed by atoms with Crippen molar-refractivity contribution < 1.29 is 14.7 Å². The van der Waals surface area contributed by atoms with E-state index in [1.54, 1.807) is 6.07 Å². The molecule has 102 valence electrons. The fourth-order valence-electron chi connectivity index (χ4n) is 2.07. The zero-order chi connectivity index (χ0) is 13.8. The van der Waals surface area contributed by atoms with Gasteiger partial charge in [0.25, 0.3) is 0 Å². The molecule has 0 bridgehead atoms. The molecular weight excluding hydrogens is 268 g/mol. The lowest BCUT2D eigenvalue weighted by atomic mass is 10.0. The highest BCUT2D eigenvalue weighted by Gasteiger charge is 2.20. The number of carbonyl (C=O) groups is 2. The lowest BCUT2D eigenvalue weighted by molar-refractivity contribution is -0.118. The lowest BCUT2D eigenvalue weighted by Gasteiger charge is -2.22. The number of hydrogen-bond acceptors (Lipinski definition) is 3. The van der Waals surface area contributed by atoms with E-state index in [2.05, 4.69) is 10.6 Å². The molecule has 1 heterocycles. The van der Waals surface area contributed by atoms with Gasteiger partial charge < -0.3 is 15.7 Å². The van der Waals surface area contributed by atoms with Crippen molar-refractivity contribution in [2.24, 2.45) is 0 Å². The summed E-state index contributed by atoms with van der Waals surface area (Å²) in [5.74, 6) is -1.25. The molecule has 0 radical (unpaired) electrons. The highest BCUT2D eigenvalue weighted by Crippen LogP contribution is 2.21. The van der Waals surface area contributed by atoms with Crippen LogP contribution in [0.4, 0.5) is 5.69 Å². The van der Waals surface area contributed by atoms with Gasteiger partial charge in [-0.05, 0) is 37.6 Å². The Hall–Kier alpha value is -1.59. The first kappa shape index (κ1) is 13.8. The van der Waals surface area contributed by atoms with Crippen LogP contribution >= 0.6 is 11.6 Å². The number of benzene rings is 1. The minimum Gasteiger partial charge on any atom is -0.478 e. The molecule has 0 aromatic heterocycles. The molecule has 0 spiro atoms. The number of aromatic carboxylic acids is 1. The summed E-state index contributed by atoms with van der Waals surface area (Å²) in [6.45, 7) is 0.832. The summed E-state index contributed by atoms with van der Waals surface area (Å²) >= 11 is 5.77. The first-order chi connectivity index (χ1) is 9.08. The number of rotatable bonds is 3. The van der Waals surface area contributed by atoms with Crippen molar-refractivity contribution in [3.63, 3.8) is 0 Å². The number of hydrogen-bond donors (Lipinski definition) is 3. The van der Waals surface area contributed by atoms with Crippen LogP contribution in [0, 0.1) is 0 Å². The molecule has 1 aromatic rings. The Labute approximate surface area is 116 Å². The van der Waals surface area contributed by atoms with Crippen LogP contribution in [0.5, 0.6) is 0 Å². The summed E-state index contributed by atoms with van der Waals surface area (Å²) in [6.07, 6.45) is 2.89. The molecule has 5 nitrogen and oxygen atoms in total. The van der Waals surface area contributed by atoms with Crippen LogP contribution in [0.25, 0.3) is 0 Å². The van der Waals surface area contributed by atoms with E-state index >= 15 is 0 Å². The zero-order valence-electron chi connectivity index (χ0n) is 10.3. The smallest absolute Gasteiger partial charge is 0.337 e. The van der Waals surface area contributed by atoms with Crippen LogP contribution in [0.15, 0.2) is 18.2 Å². The topological polar surface area (TPSA) is 78.4 Å². The van der Waals surface area contributed by atoms with E-state index in [9.17, 15) is 9.59 Å². The van der Waals surface area contributed by atoms with Crippen molar-refractivity contribution in [2.45, 2.75) is 25.3 Å². The molecule has 1 atom stereocenters. The molecule has 19 heavy (non-hydrogen) atoms. The van der Waals surface area contributed by atoms with Crippen molar-refractivity contribution in [3.8, 4) is 0 Å². The third kappa shape index (κ3) is 3.45. The van der Waals surface area contributed by atoms with Crippen LogP contribution in [0.3, 0.4) is 0 Å². The van der Waals surface area contributed by atoms with Gasteiger partial charge in [0.1, 0.15) is 0 Å². The van der Waals surface area contributed by atoms with Crippen LogP contribution < -0.4 is 10.6 Å². The molecule has 1 aliphatic heterocycles. The number of piperidine rings is 1. The van der Waals surface area contributed by atoms with Crippen LogP contribution in [-0.4, -0.2) is 29.6 Å². The summed E-state index contributed by atoms with van der Waals surface area (Å²) in [6, 6.07) is 4.22. The molecule has 2 rings (SSSR count). The van der Waals surface area contributed by atoms with Crippen LogP contribution in [0.1, 0.15) is 29.6 Å². The maximum Gasteiger partial charge on any atom is 0.337 e. The average Bonchev–Trinajstić information content (AvgIpc) is 2.41. The largest absolute Gasteiger partial charge is 0.478 e. The Balaban J connectivity index is 2.08. The van der Waals surface area contributed by atoms with Crippen molar-refractivity contribution in [1.29, 1.82) is 0 Å². The standard InChI is InChI=1S/C13H15ClN2O3/c14-10-5-4-8(7-9(10)13(18)19)16-12(17)11-3-1-2-6-15-11/h4-5,7,11,15H,1-3,6H2,(H,16,17)(H,18,19)/t11-/m1/s1. The van der Waals surface area contributed by atoms with Gasteiger partial charge in [0.2, 0.25) is 5.91 Å². The van der Waals surface area contributed by atoms with E-state index in [1.165, 1.54) is 12.1 Å². The zero-order valence-corrected chi connectivity index (χ0v) is 11.0. The summed E-state index contributed by atoms with van der Waals surface area (Å²) in [7, 11) is 0. The van der Waals surface area contributed by atoms with E-state index in [4.69, 9.17) is 16.7 Å². The Morgan fingerprint density at radius 2 is 2.16 bits per heavy atom. The van der Waals surface area contributed by atoms with Gasteiger partial charge in [0, 0.05) is 5.69 Å². The predicted octanol–water partition coefficient (Wildman–Crippen LogP) is 2.12. The van der Waals surface area contributed by atoms with E-state index < -0.39 is 5.97 Å². The summed E-state index contributed by atoms with van der Waals surface area (Å²) in [4.78, 5) is 22.9. The van der Waals surface area contributed by atoms with Gasteiger partial charge in [0.05, 0.1) is 16.6 Å². The predicted molar refractivity (Wildman–Crippen MR) is 72.7 cm³/mol. The Kier molecular flexibility index (Phi) is 4.39.